The molecule has 19 heavy (non-hydrogen) atoms. The van der Waals surface area contributed by atoms with Crippen molar-refractivity contribution in [2.45, 2.75) is 6.54 Å². The second-order valence-corrected chi connectivity index (χ2v) is 4.01. The van der Waals surface area contributed by atoms with Gasteiger partial charge in [0.15, 0.2) is 0 Å². The number of carbonyl (C=O) groups excluding carboxylic acids is 1. The fourth-order valence-corrected chi connectivity index (χ4v) is 1.76. The van der Waals surface area contributed by atoms with Crippen molar-refractivity contribution in [2.75, 3.05) is 14.2 Å². The molecule has 2 aromatic heterocycles. The van der Waals surface area contributed by atoms with Gasteiger partial charge in [-0.1, -0.05) is 6.07 Å². The molecule has 0 aromatic carbocycles. The number of primary amides is 1. The summed E-state index contributed by atoms with van der Waals surface area (Å²) in [6.45, 7) is 0.123. The van der Waals surface area contributed by atoms with Crippen LogP contribution < -0.4 is 11.3 Å². The average molecular weight is 262 g/mol. The molecule has 7 heteroatoms. The van der Waals surface area contributed by atoms with Crippen molar-refractivity contribution in [3.05, 3.63) is 46.0 Å². The summed E-state index contributed by atoms with van der Waals surface area (Å²) in [5.41, 5.74) is 5.51. The molecule has 0 radical (unpaired) electrons. The molecule has 0 fully saturated rings. The third-order valence-corrected chi connectivity index (χ3v) is 2.75. The van der Waals surface area contributed by atoms with Crippen LogP contribution in [0.15, 0.2) is 29.2 Å². The topological polar surface area (TPSA) is 89.9 Å². The first-order valence-electron chi connectivity index (χ1n) is 5.60. The zero-order valence-electron chi connectivity index (χ0n) is 10.7. The van der Waals surface area contributed by atoms with Crippen molar-refractivity contribution in [2.24, 2.45) is 5.73 Å². The van der Waals surface area contributed by atoms with Crippen molar-refractivity contribution in [1.82, 2.24) is 14.4 Å². The summed E-state index contributed by atoms with van der Waals surface area (Å²) in [6.07, 6.45) is 1.59. The molecular weight excluding hydrogens is 248 g/mol. The molecule has 0 saturated carbocycles. The van der Waals surface area contributed by atoms with Gasteiger partial charge < -0.3 is 10.6 Å². The van der Waals surface area contributed by atoms with Crippen molar-refractivity contribution in [1.29, 1.82) is 0 Å². The second kappa shape index (κ2) is 5.17. The summed E-state index contributed by atoms with van der Waals surface area (Å²) in [5.74, 6) is -0.733. The molecule has 2 N–H and O–H groups in total. The number of hydrogen-bond acceptors (Lipinski definition) is 5. The highest BCUT2D eigenvalue weighted by molar-refractivity contribution is 5.92. The van der Waals surface area contributed by atoms with Gasteiger partial charge in [0.25, 0.3) is 11.5 Å². The van der Waals surface area contributed by atoms with E-state index in [9.17, 15) is 9.59 Å². The predicted molar refractivity (Wildman–Crippen MR) is 68.5 cm³/mol. The largest absolute Gasteiger partial charge is 0.364 e. The molecule has 0 atom stereocenters. The first kappa shape index (κ1) is 13.2. The molecule has 2 aromatic rings. The Labute approximate surface area is 109 Å². The summed E-state index contributed by atoms with van der Waals surface area (Å²) < 4.78 is 1.37. The van der Waals surface area contributed by atoms with Gasteiger partial charge in [-0.15, -0.1) is 0 Å². The van der Waals surface area contributed by atoms with E-state index < -0.39 is 5.91 Å². The van der Waals surface area contributed by atoms with E-state index in [0.29, 0.717) is 5.65 Å². The van der Waals surface area contributed by atoms with Gasteiger partial charge in [-0.25, -0.2) is 4.98 Å². The van der Waals surface area contributed by atoms with Crippen LogP contribution in [0.1, 0.15) is 16.1 Å². The Bertz CT molecular complexity index is 680. The van der Waals surface area contributed by atoms with Crippen LogP contribution in [0.25, 0.3) is 5.65 Å². The van der Waals surface area contributed by atoms with Crippen LogP contribution in [0.2, 0.25) is 0 Å². The molecule has 0 aliphatic heterocycles. The van der Waals surface area contributed by atoms with Crippen LogP contribution in [-0.2, 0) is 11.4 Å². The third kappa shape index (κ3) is 2.47. The fraction of sp³-hybridized carbons (Fsp3) is 0.250. The Morgan fingerprint density at radius 1 is 1.53 bits per heavy atom. The minimum Gasteiger partial charge on any atom is -0.364 e. The van der Waals surface area contributed by atoms with E-state index in [-0.39, 0.29) is 23.4 Å². The van der Waals surface area contributed by atoms with Crippen LogP contribution in [0.5, 0.6) is 0 Å². The number of amides is 1. The number of carbonyl (C=O) groups is 1. The fourth-order valence-electron chi connectivity index (χ4n) is 1.76. The quantitative estimate of drug-likeness (QED) is 0.770. The van der Waals surface area contributed by atoms with E-state index in [0.717, 1.165) is 0 Å². The molecule has 0 spiro atoms. The molecular formula is C12H14N4O3. The van der Waals surface area contributed by atoms with E-state index in [1.165, 1.54) is 16.6 Å². The van der Waals surface area contributed by atoms with Gasteiger partial charge in [-0.2, -0.15) is 5.06 Å². The number of aromatic nitrogens is 2. The van der Waals surface area contributed by atoms with E-state index in [4.69, 9.17) is 10.6 Å². The maximum absolute atomic E-state index is 12.3. The van der Waals surface area contributed by atoms with Gasteiger partial charge >= 0.3 is 0 Å². The number of nitrogens with zero attached hydrogens (tertiary/aromatic N) is 3. The molecule has 0 bridgehead atoms. The Balaban J connectivity index is 2.71. The molecule has 100 valence electrons. The minimum absolute atomic E-state index is 0.0277. The van der Waals surface area contributed by atoms with Crippen molar-refractivity contribution in [3.8, 4) is 0 Å². The molecule has 2 heterocycles. The lowest BCUT2D eigenvalue weighted by Gasteiger charge is -2.15. The highest BCUT2D eigenvalue weighted by atomic mass is 16.7. The van der Waals surface area contributed by atoms with Crippen molar-refractivity contribution >= 4 is 11.6 Å². The lowest BCUT2D eigenvalue weighted by Crippen LogP contribution is -2.31. The Morgan fingerprint density at radius 3 is 2.89 bits per heavy atom. The van der Waals surface area contributed by atoms with Crippen molar-refractivity contribution < 1.29 is 9.63 Å². The van der Waals surface area contributed by atoms with Gasteiger partial charge in [0.05, 0.1) is 19.2 Å². The van der Waals surface area contributed by atoms with Crippen LogP contribution in [-0.4, -0.2) is 34.5 Å². The SMILES string of the molecule is CON(C)Cc1c(C(N)=O)nc2ccccn2c1=O. The summed E-state index contributed by atoms with van der Waals surface area (Å²) in [4.78, 5) is 32.9. The van der Waals surface area contributed by atoms with Crippen LogP contribution in [0.4, 0.5) is 0 Å². The number of nitrogens with two attached hydrogens (primary N) is 1. The van der Waals surface area contributed by atoms with E-state index in [2.05, 4.69) is 4.98 Å². The summed E-state index contributed by atoms with van der Waals surface area (Å²) in [6, 6.07) is 5.08. The maximum atomic E-state index is 12.3. The Morgan fingerprint density at radius 2 is 2.26 bits per heavy atom. The first-order valence-corrected chi connectivity index (χ1v) is 5.60. The zero-order chi connectivity index (χ0) is 14.0. The van der Waals surface area contributed by atoms with Crippen LogP contribution in [0.3, 0.4) is 0 Å². The van der Waals surface area contributed by atoms with Crippen LogP contribution in [0, 0.1) is 0 Å². The smallest absolute Gasteiger partial charge is 0.267 e. The standard InChI is InChI=1S/C12H14N4O3/c1-15(19-2)7-8-10(11(13)17)14-9-5-3-4-6-16(9)12(8)18/h3-6H,7H2,1-2H3,(H2,13,17). The van der Waals surface area contributed by atoms with Crippen molar-refractivity contribution in [3.63, 3.8) is 0 Å². The predicted octanol–water partition coefficient (Wildman–Crippen LogP) is -0.213. The second-order valence-electron chi connectivity index (χ2n) is 4.01. The summed E-state index contributed by atoms with van der Waals surface area (Å²) in [7, 11) is 3.11. The van der Waals surface area contributed by atoms with Gasteiger partial charge in [0.2, 0.25) is 0 Å². The maximum Gasteiger partial charge on any atom is 0.267 e. The number of rotatable bonds is 4. The van der Waals surface area contributed by atoms with Crippen LogP contribution >= 0.6 is 0 Å². The lowest BCUT2D eigenvalue weighted by molar-refractivity contribution is -0.117. The number of fused-ring (bicyclic) bond motifs is 1. The summed E-state index contributed by atoms with van der Waals surface area (Å²) in [5, 5.41) is 1.42. The highest BCUT2D eigenvalue weighted by Crippen LogP contribution is 2.06. The first-order chi connectivity index (χ1) is 9.04. The number of pyridine rings is 1. The lowest BCUT2D eigenvalue weighted by atomic mass is 10.2. The monoisotopic (exact) mass is 262 g/mol. The Kier molecular flexibility index (Phi) is 3.59. The zero-order valence-corrected chi connectivity index (χ0v) is 10.7. The third-order valence-electron chi connectivity index (χ3n) is 2.75. The molecule has 7 nitrogen and oxygen atoms in total. The number of hydrogen-bond donors (Lipinski definition) is 1. The average Bonchev–Trinajstić information content (AvgIpc) is 2.41. The normalized spacial score (nSPS) is 11.1. The van der Waals surface area contributed by atoms with Gasteiger partial charge in [0.1, 0.15) is 11.3 Å². The number of hydroxylamine groups is 2. The molecule has 0 aliphatic carbocycles. The highest BCUT2D eigenvalue weighted by Gasteiger charge is 2.18. The van der Waals surface area contributed by atoms with Gasteiger partial charge in [-0.3, -0.25) is 14.0 Å². The van der Waals surface area contributed by atoms with Gasteiger partial charge in [-0.05, 0) is 12.1 Å². The molecule has 2 rings (SSSR count). The summed E-state index contributed by atoms with van der Waals surface area (Å²) >= 11 is 0. The van der Waals surface area contributed by atoms with E-state index in [1.807, 2.05) is 0 Å². The van der Waals surface area contributed by atoms with E-state index in [1.54, 1.807) is 31.4 Å². The molecule has 0 aliphatic rings. The Hall–Kier alpha value is -2.25. The minimum atomic E-state index is -0.733. The molecule has 1 amide bonds. The molecule has 0 unspecified atom stereocenters. The van der Waals surface area contributed by atoms with Gasteiger partial charge in [0, 0.05) is 13.2 Å². The molecule has 0 saturated heterocycles. The van der Waals surface area contributed by atoms with E-state index >= 15 is 0 Å².